The predicted octanol–water partition coefficient (Wildman–Crippen LogP) is 1.44. The first kappa shape index (κ1) is 14.8. The van der Waals surface area contributed by atoms with Crippen molar-refractivity contribution in [3.8, 4) is 0 Å². The number of piperazine rings is 1. The van der Waals surface area contributed by atoms with E-state index >= 15 is 0 Å². The average Bonchev–Trinajstić information content (AvgIpc) is 2.97. The number of aliphatic carboxylic acids is 1. The number of anilines is 1. The van der Waals surface area contributed by atoms with Crippen molar-refractivity contribution in [2.24, 2.45) is 0 Å². The summed E-state index contributed by atoms with van der Waals surface area (Å²) in [6.07, 6.45) is 3.60. The van der Waals surface area contributed by atoms with Gasteiger partial charge in [0.25, 0.3) is 0 Å². The number of aromatic nitrogens is 1. The van der Waals surface area contributed by atoms with Crippen molar-refractivity contribution >= 4 is 28.3 Å². The monoisotopic (exact) mass is 297 g/mol. The van der Waals surface area contributed by atoms with Crippen LogP contribution in [-0.2, 0) is 9.59 Å². The zero-order valence-electron chi connectivity index (χ0n) is 11.3. The van der Waals surface area contributed by atoms with Gasteiger partial charge < -0.3 is 14.9 Å². The average molecular weight is 297 g/mol. The minimum atomic E-state index is -0.797. The lowest BCUT2D eigenvalue weighted by atomic mass is 10.1. The highest BCUT2D eigenvalue weighted by atomic mass is 32.1. The standard InChI is InChI=1S/C13H19N3O3S/c17-11(3-1-2-4-12(18)19)15-6-8-16(9-7-15)13-14-5-10-20-13/h5,10H,1-4,6-9H2,(H,18,19). The molecular weight excluding hydrogens is 278 g/mol. The minimum absolute atomic E-state index is 0.133. The van der Waals surface area contributed by atoms with Gasteiger partial charge >= 0.3 is 5.97 Å². The van der Waals surface area contributed by atoms with Crippen LogP contribution in [0, 0.1) is 0 Å². The number of amides is 1. The third kappa shape index (κ3) is 4.19. The summed E-state index contributed by atoms with van der Waals surface area (Å²) < 4.78 is 0. The van der Waals surface area contributed by atoms with Gasteiger partial charge in [-0.05, 0) is 12.8 Å². The maximum absolute atomic E-state index is 12.0. The van der Waals surface area contributed by atoms with E-state index in [4.69, 9.17) is 5.11 Å². The Morgan fingerprint density at radius 3 is 2.50 bits per heavy atom. The predicted molar refractivity (Wildman–Crippen MR) is 77.0 cm³/mol. The van der Waals surface area contributed by atoms with Gasteiger partial charge in [-0.2, -0.15) is 0 Å². The fourth-order valence-electron chi connectivity index (χ4n) is 2.23. The van der Waals surface area contributed by atoms with E-state index in [1.165, 1.54) is 0 Å². The molecule has 0 radical (unpaired) electrons. The largest absolute Gasteiger partial charge is 0.481 e. The van der Waals surface area contributed by atoms with E-state index in [0.29, 0.717) is 19.3 Å². The van der Waals surface area contributed by atoms with Crippen molar-refractivity contribution < 1.29 is 14.7 Å². The topological polar surface area (TPSA) is 73.7 Å². The molecule has 7 heteroatoms. The maximum atomic E-state index is 12.0. The number of nitrogens with zero attached hydrogens (tertiary/aromatic N) is 3. The molecule has 20 heavy (non-hydrogen) atoms. The molecule has 0 aliphatic carbocycles. The molecule has 0 atom stereocenters. The quantitative estimate of drug-likeness (QED) is 0.804. The van der Waals surface area contributed by atoms with E-state index in [1.54, 1.807) is 17.5 Å². The van der Waals surface area contributed by atoms with Gasteiger partial charge in [-0.25, -0.2) is 4.98 Å². The summed E-state index contributed by atoms with van der Waals surface area (Å²) in [7, 11) is 0. The van der Waals surface area contributed by atoms with E-state index < -0.39 is 5.97 Å². The molecule has 2 rings (SSSR count). The third-order valence-electron chi connectivity index (χ3n) is 3.35. The highest BCUT2D eigenvalue weighted by Crippen LogP contribution is 2.19. The van der Waals surface area contributed by atoms with Crippen LogP contribution in [0.2, 0.25) is 0 Å². The number of carbonyl (C=O) groups is 2. The van der Waals surface area contributed by atoms with Gasteiger partial charge in [0.15, 0.2) is 5.13 Å². The molecule has 6 nitrogen and oxygen atoms in total. The molecule has 1 aromatic heterocycles. The number of unbranched alkanes of at least 4 members (excludes halogenated alkanes) is 1. The first-order chi connectivity index (χ1) is 9.66. The molecule has 0 unspecified atom stereocenters. The lowest BCUT2D eigenvalue weighted by molar-refractivity contribution is -0.137. The molecule has 1 aliphatic rings. The first-order valence-corrected chi connectivity index (χ1v) is 7.69. The highest BCUT2D eigenvalue weighted by Gasteiger charge is 2.21. The van der Waals surface area contributed by atoms with Gasteiger partial charge in [-0.1, -0.05) is 0 Å². The summed E-state index contributed by atoms with van der Waals surface area (Å²) in [5.74, 6) is -0.663. The van der Waals surface area contributed by atoms with Crippen LogP contribution in [0.25, 0.3) is 0 Å². The fraction of sp³-hybridized carbons (Fsp3) is 0.615. The Balaban J connectivity index is 1.68. The van der Waals surface area contributed by atoms with Crippen LogP contribution in [0.1, 0.15) is 25.7 Å². The van der Waals surface area contributed by atoms with E-state index in [9.17, 15) is 9.59 Å². The van der Waals surface area contributed by atoms with Gasteiger partial charge in [0.05, 0.1) is 0 Å². The number of thiazole rings is 1. The van der Waals surface area contributed by atoms with Crippen molar-refractivity contribution in [1.82, 2.24) is 9.88 Å². The van der Waals surface area contributed by atoms with E-state index in [0.717, 1.165) is 31.3 Å². The number of carboxylic acid groups (broad SMARTS) is 1. The molecule has 2 heterocycles. The number of hydrogen-bond acceptors (Lipinski definition) is 5. The van der Waals surface area contributed by atoms with E-state index in [2.05, 4.69) is 9.88 Å². The van der Waals surface area contributed by atoms with Crippen molar-refractivity contribution in [3.05, 3.63) is 11.6 Å². The number of hydrogen-bond donors (Lipinski definition) is 1. The zero-order valence-corrected chi connectivity index (χ0v) is 12.1. The van der Waals surface area contributed by atoms with Crippen LogP contribution in [0.5, 0.6) is 0 Å². The minimum Gasteiger partial charge on any atom is -0.481 e. The second-order valence-corrected chi connectivity index (χ2v) is 5.66. The van der Waals surface area contributed by atoms with Gasteiger partial charge in [-0.3, -0.25) is 9.59 Å². The Labute approximate surface area is 122 Å². The third-order valence-corrected chi connectivity index (χ3v) is 4.19. The van der Waals surface area contributed by atoms with Crippen LogP contribution in [0.3, 0.4) is 0 Å². The van der Waals surface area contributed by atoms with Gasteiger partial charge in [0.1, 0.15) is 0 Å². The summed E-state index contributed by atoms with van der Waals surface area (Å²) in [6.45, 7) is 3.07. The Morgan fingerprint density at radius 1 is 1.20 bits per heavy atom. The molecule has 0 spiro atoms. The van der Waals surface area contributed by atoms with Crippen LogP contribution in [0.15, 0.2) is 11.6 Å². The van der Waals surface area contributed by atoms with Crippen LogP contribution in [0.4, 0.5) is 5.13 Å². The van der Waals surface area contributed by atoms with Gasteiger partial charge in [-0.15, -0.1) is 11.3 Å². The Bertz CT molecular complexity index is 442. The van der Waals surface area contributed by atoms with Crippen LogP contribution >= 0.6 is 11.3 Å². The molecule has 1 aromatic rings. The first-order valence-electron chi connectivity index (χ1n) is 6.81. The van der Waals surface area contributed by atoms with Crippen molar-refractivity contribution in [1.29, 1.82) is 0 Å². The van der Waals surface area contributed by atoms with E-state index in [-0.39, 0.29) is 12.3 Å². The molecule has 110 valence electrons. The SMILES string of the molecule is O=C(O)CCCCC(=O)N1CCN(c2nccs2)CC1. The smallest absolute Gasteiger partial charge is 0.303 e. The zero-order chi connectivity index (χ0) is 14.4. The van der Waals surface area contributed by atoms with Crippen molar-refractivity contribution in [2.45, 2.75) is 25.7 Å². The Kier molecular flexibility index (Phi) is 5.34. The summed E-state index contributed by atoms with van der Waals surface area (Å²) in [5, 5.41) is 11.5. The summed E-state index contributed by atoms with van der Waals surface area (Å²) in [6, 6.07) is 0. The normalized spacial score (nSPS) is 15.4. The second-order valence-electron chi connectivity index (χ2n) is 4.78. The number of carbonyl (C=O) groups excluding carboxylic acids is 1. The molecule has 0 bridgehead atoms. The summed E-state index contributed by atoms with van der Waals surface area (Å²) >= 11 is 1.61. The summed E-state index contributed by atoms with van der Waals surface area (Å²) in [5.41, 5.74) is 0. The lowest BCUT2D eigenvalue weighted by Gasteiger charge is -2.34. The molecule has 0 aromatic carbocycles. The number of rotatable bonds is 6. The Morgan fingerprint density at radius 2 is 1.90 bits per heavy atom. The lowest BCUT2D eigenvalue weighted by Crippen LogP contribution is -2.48. The van der Waals surface area contributed by atoms with E-state index in [1.807, 2.05) is 10.3 Å². The molecule has 1 amide bonds. The molecule has 1 fully saturated rings. The van der Waals surface area contributed by atoms with Crippen molar-refractivity contribution in [3.63, 3.8) is 0 Å². The fourth-order valence-corrected chi connectivity index (χ4v) is 2.93. The molecule has 0 saturated carbocycles. The molecule has 1 saturated heterocycles. The molecular formula is C13H19N3O3S. The van der Waals surface area contributed by atoms with Crippen molar-refractivity contribution in [2.75, 3.05) is 31.1 Å². The van der Waals surface area contributed by atoms with Gasteiger partial charge in [0.2, 0.25) is 5.91 Å². The second kappa shape index (κ2) is 7.23. The molecule has 1 N–H and O–H groups in total. The Hall–Kier alpha value is -1.63. The summed E-state index contributed by atoms with van der Waals surface area (Å²) in [4.78, 5) is 30.7. The number of carboxylic acids is 1. The van der Waals surface area contributed by atoms with Gasteiger partial charge in [0, 0.05) is 50.6 Å². The highest BCUT2D eigenvalue weighted by molar-refractivity contribution is 7.13. The maximum Gasteiger partial charge on any atom is 0.303 e. The molecule has 1 aliphatic heterocycles. The van der Waals surface area contributed by atoms with Crippen LogP contribution in [-0.4, -0.2) is 53.0 Å². The van der Waals surface area contributed by atoms with Crippen LogP contribution < -0.4 is 4.90 Å².